The molecule has 3 aromatic rings. The summed E-state index contributed by atoms with van der Waals surface area (Å²) in [5.41, 5.74) is 3.26. The van der Waals surface area contributed by atoms with Crippen LogP contribution in [0.1, 0.15) is 29.3 Å². The van der Waals surface area contributed by atoms with Crippen LogP contribution in [0.5, 0.6) is 23.0 Å². The number of benzene rings is 3. The van der Waals surface area contributed by atoms with Crippen molar-refractivity contribution >= 4 is 34.0 Å². The number of amides is 1. The summed E-state index contributed by atoms with van der Waals surface area (Å²) in [6, 6.07) is 18.7. The van der Waals surface area contributed by atoms with Crippen molar-refractivity contribution in [3.8, 4) is 23.0 Å². The van der Waals surface area contributed by atoms with E-state index in [4.69, 9.17) is 18.9 Å². The van der Waals surface area contributed by atoms with Gasteiger partial charge < -0.3 is 18.9 Å². The molecular weight excluding hydrogens is 516 g/mol. The summed E-state index contributed by atoms with van der Waals surface area (Å²) in [6.45, 7) is 2.41. The van der Waals surface area contributed by atoms with Crippen LogP contribution in [0.25, 0.3) is 0 Å². The maximum atomic E-state index is 12.6. The quantitative estimate of drug-likeness (QED) is 0.159. The van der Waals surface area contributed by atoms with Gasteiger partial charge in [0.15, 0.2) is 6.61 Å². The minimum Gasteiger partial charge on any atom is -0.497 e. The van der Waals surface area contributed by atoms with E-state index in [0.717, 1.165) is 10.9 Å². The van der Waals surface area contributed by atoms with Gasteiger partial charge in [-0.05, 0) is 73.2 Å². The average Bonchev–Trinajstić information content (AvgIpc) is 2.88. The Balaban J connectivity index is 1.58. The summed E-state index contributed by atoms with van der Waals surface area (Å²) in [5.74, 6) is 1.21. The highest BCUT2D eigenvalue weighted by Crippen LogP contribution is 2.23. The highest BCUT2D eigenvalue weighted by atomic mass is 79.9. The molecule has 0 atom stereocenters. The first-order valence-electron chi connectivity index (χ1n) is 10.8. The number of carbonyl (C=O) groups is 2. The fraction of sp³-hybridized carbons (Fsp3) is 0.192. The molecule has 0 aliphatic carbocycles. The zero-order chi connectivity index (χ0) is 25.0. The predicted octanol–water partition coefficient (Wildman–Crippen LogP) is 4.99. The lowest BCUT2D eigenvalue weighted by Gasteiger charge is -2.09. The predicted molar refractivity (Wildman–Crippen MR) is 136 cm³/mol. The van der Waals surface area contributed by atoms with Crippen molar-refractivity contribution < 1.29 is 28.5 Å². The second-order valence-electron chi connectivity index (χ2n) is 7.20. The summed E-state index contributed by atoms with van der Waals surface area (Å²) in [5, 5.41) is 3.95. The van der Waals surface area contributed by atoms with E-state index < -0.39 is 11.9 Å². The van der Waals surface area contributed by atoms with Gasteiger partial charge in [-0.1, -0.05) is 22.9 Å². The van der Waals surface area contributed by atoms with Crippen LogP contribution < -0.4 is 24.4 Å². The Bertz CT molecular complexity index is 1160. The van der Waals surface area contributed by atoms with Crippen LogP contribution in [0.2, 0.25) is 0 Å². The Morgan fingerprint density at radius 3 is 2.29 bits per heavy atom. The Morgan fingerprint density at radius 1 is 0.943 bits per heavy atom. The summed E-state index contributed by atoms with van der Waals surface area (Å²) in [4.78, 5) is 24.7. The standard InChI is InChI=1S/C26H25BrN2O6/c1-3-14-33-22-7-4-18(5-8-22)26(31)35-24-13-6-20(27)15-19(24)16-28-29-25(30)17-34-23-11-9-21(32-2)10-12-23/h4-13,15-16H,3,14,17H2,1-2H3,(H,29,30)/b28-16+. The number of nitrogens with zero attached hydrogens (tertiary/aromatic N) is 1. The number of hydrazone groups is 1. The Labute approximate surface area is 212 Å². The highest BCUT2D eigenvalue weighted by molar-refractivity contribution is 9.10. The lowest BCUT2D eigenvalue weighted by molar-refractivity contribution is -0.123. The molecule has 182 valence electrons. The molecule has 9 heteroatoms. The molecule has 0 heterocycles. The molecule has 0 saturated carbocycles. The highest BCUT2D eigenvalue weighted by Gasteiger charge is 2.12. The second-order valence-corrected chi connectivity index (χ2v) is 8.12. The van der Waals surface area contributed by atoms with Crippen molar-refractivity contribution in [2.24, 2.45) is 5.10 Å². The van der Waals surface area contributed by atoms with Crippen LogP contribution in [-0.4, -0.2) is 38.4 Å². The van der Waals surface area contributed by atoms with Crippen molar-refractivity contribution in [1.29, 1.82) is 0 Å². The van der Waals surface area contributed by atoms with Gasteiger partial charge in [0.25, 0.3) is 5.91 Å². The third-order valence-electron chi connectivity index (χ3n) is 4.56. The van der Waals surface area contributed by atoms with E-state index in [0.29, 0.717) is 35.0 Å². The molecule has 0 aliphatic rings. The largest absolute Gasteiger partial charge is 0.497 e. The van der Waals surface area contributed by atoms with E-state index in [1.54, 1.807) is 73.8 Å². The van der Waals surface area contributed by atoms with Crippen molar-refractivity contribution in [2.45, 2.75) is 13.3 Å². The smallest absolute Gasteiger partial charge is 0.343 e. The van der Waals surface area contributed by atoms with E-state index in [-0.39, 0.29) is 12.4 Å². The number of methoxy groups -OCH3 is 1. The first kappa shape index (κ1) is 25.8. The Morgan fingerprint density at radius 2 is 1.60 bits per heavy atom. The molecule has 0 radical (unpaired) electrons. The molecule has 0 saturated heterocycles. The lowest BCUT2D eigenvalue weighted by Crippen LogP contribution is -2.24. The van der Waals surface area contributed by atoms with Crippen molar-refractivity contribution in [3.63, 3.8) is 0 Å². The third-order valence-corrected chi connectivity index (χ3v) is 5.05. The first-order valence-corrected chi connectivity index (χ1v) is 11.6. The molecule has 0 fully saturated rings. The maximum absolute atomic E-state index is 12.6. The third kappa shape index (κ3) is 8.15. The molecule has 0 aliphatic heterocycles. The molecule has 8 nitrogen and oxygen atoms in total. The van der Waals surface area contributed by atoms with E-state index in [1.807, 2.05) is 6.92 Å². The van der Waals surface area contributed by atoms with Gasteiger partial charge in [-0.15, -0.1) is 0 Å². The minimum absolute atomic E-state index is 0.220. The zero-order valence-electron chi connectivity index (χ0n) is 19.3. The van der Waals surface area contributed by atoms with Crippen LogP contribution in [0, 0.1) is 0 Å². The van der Waals surface area contributed by atoms with Crippen molar-refractivity contribution in [3.05, 3.63) is 82.3 Å². The number of rotatable bonds is 11. The zero-order valence-corrected chi connectivity index (χ0v) is 20.9. The summed E-state index contributed by atoms with van der Waals surface area (Å²) in [6.07, 6.45) is 2.29. The summed E-state index contributed by atoms with van der Waals surface area (Å²) >= 11 is 3.39. The van der Waals surface area contributed by atoms with Crippen LogP contribution in [0.15, 0.2) is 76.3 Å². The molecule has 3 rings (SSSR count). The molecule has 1 amide bonds. The molecule has 35 heavy (non-hydrogen) atoms. The lowest BCUT2D eigenvalue weighted by atomic mass is 10.2. The maximum Gasteiger partial charge on any atom is 0.343 e. The van der Waals surface area contributed by atoms with Crippen molar-refractivity contribution in [1.82, 2.24) is 5.43 Å². The topological polar surface area (TPSA) is 95.5 Å². The SMILES string of the molecule is CCCOc1ccc(C(=O)Oc2ccc(Br)cc2/C=N/NC(=O)COc2ccc(OC)cc2)cc1. The molecule has 0 spiro atoms. The van der Waals surface area contributed by atoms with Gasteiger partial charge in [0.05, 0.1) is 25.5 Å². The normalized spacial score (nSPS) is 10.6. The van der Waals surface area contributed by atoms with Gasteiger partial charge in [0.1, 0.15) is 23.0 Å². The number of nitrogens with one attached hydrogen (secondary N) is 1. The van der Waals surface area contributed by atoms with Crippen LogP contribution >= 0.6 is 15.9 Å². The van der Waals surface area contributed by atoms with E-state index in [9.17, 15) is 9.59 Å². The number of halogens is 1. The fourth-order valence-corrected chi connectivity index (χ4v) is 3.18. The summed E-state index contributed by atoms with van der Waals surface area (Å²) in [7, 11) is 1.57. The number of esters is 1. The monoisotopic (exact) mass is 540 g/mol. The Hall–Kier alpha value is -3.85. The van der Waals surface area contributed by atoms with Gasteiger partial charge in [-0.2, -0.15) is 5.10 Å². The number of hydrogen-bond donors (Lipinski definition) is 1. The van der Waals surface area contributed by atoms with Gasteiger partial charge in [-0.3, -0.25) is 4.79 Å². The first-order chi connectivity index (χ1) is 17.0. The van der Waals surface area contributed by atoms with Crippen molar-refractivity contribution in [2.75, 3.05) is 20.3 Å². The molecule has 0 unspecified atom stereocenters. The van der Waals surface area contributed by atoms with Crippen LogP contribution in [-0.2, 0) is 4.79 Å². The number of hydrogen-bond acceptors (Lipinski definition) is 7. The molecule has 1 N–H and O–H groups in total. The minimum atomic E-state index is -0.527. The molecule has 3 aromatic carbocycles. The Kier molecular flexibility index (Phi) is 9.68. The van der Waals surface area contributed by atoms with Crippen LogP contribution in [0.4, 0.5) is 0 Å². The van der Waals surface area contributed by atoms with Gasteiger partial charge in [0, 0.05) is 10.0 Å². The van der Waals surface area contributed by atoms with E-state index >= 15 is 0 Å². The fourth-order valence-electron chi connectivity index (χ4n) is 2.81. The molecular formula is C26H25BrN2O6. The van der Waals surface area contributed by atoms with Crippen LogP contribution in [0.3, 0.4) is 0 Å². The number of ether oxygens (including phenoxy) is 4. The van der Waals surface area contributed by atoms with E-state index in [2.05, 4.69) is 26.5 Å². The van der Waals surface area contributed by atoms with E-state index in [1.165, 1.54) is 6.21 Å². The molecule has 0 aromatic heterocycles. The molecule has 0 bridgehead atoms. The second kappa shape index (κ2) is 13.1. The van der Waals surface area contributed by atoms with Gasteiger partial charge in [-0.25, -0.2) is 10.2 Å². The number of carbonyl (C=O) groups excluding carboxylic acids is 2. The van der Waals surface area contributed by atoms with Gasteiger partial charge >= 0.3 is 5.97 Å². The van der Waals surface area contributed by atoms with Gasteiger partial charge in [0.2, 0.25) is 0 Å². The average molecular weight is 541 g/mol. The summed E-state index contributed by atoms with van der Waals surface area (Å²) < 4.78 is 22.3.